The van der Waals surface area contributed by atoms with Crippen LogP contribution in [0.5, 0.6) is 5.75 Å². The second-order valence-corrected chi connectivity index (χ2v) is 6.23. The van der Waals surface area contributed by atoms with E-state index in [0.717, 1.165) is 31.2 Å². The molecular formula is C19H23Cl2N5O3. The van der Waals surface area contributed by atoms with Gasteiger partial charge in [0.25, 0.3) is 0 Å². The molecule has 1 aromatic carbocycles. The van der Waals surface area contributed by atoms with Crippen molar-refractivity contribution < 1.29 is 14.3 Å². The summed E-state index contributed by atoms with van der Waals surface area (Å²) < 4.78 is 14.6. The Balaban J connectivity index is 0.00000150. The third-order valence-electron chi connectivity index (χ3n) is 4.47. The van der Waals surface area contributed by atoms with Crippen molar-refractivity contribution >= 4 is 30.8 Å². The molecule has 0 radical (unpaired) electrons. The van der Waals surface area contributed by atoms with Crippen LogP contribution < -0.4 is 10.1 Å². The highest BCUT2D eigenvalue weighted by atomic mass is 35.5. The molecule has 3 aromatic rings. The van der Waals surface area contributed by atoms with E-state index in [1.807, 2.05) is 21.5 Å². The van der Waals surface area contributed by atoms with Gasteiger partial charge >= 0.3 is 5.97 Å². The zero-order valence-electron chi connectivity index (χ0n) is 15.9. The molecule has 156 valence electrons. The molecule has 1 N–H and O–H groups in total. The first-order chi connectivity index (χ1) is 13.2. The normalized spacial score (nSPS) is 12.3. The number of carbonyl (C=O) groups excluding carboxylic acids is 1. The molecule has 2 aromatic heterocycles. The Morgan fingerprint density at radius 3 is 2.93 bits per heavy atom. The largest absolute Gasteiger partial charge is 0.492 e. The lowest BCUT2D eigenvalue weighted by atomic mass is 10.2. The number of fused-ring (bicyclic) bond motifs is 1. The first-order valence-corrected chi connectivity index (χ1v) is 8.85. The minimum atomic E-state index is -0.379. The number of hydrogen-bond donors (Lipinski definition) is 1. The van der Waals surface area contributed by atoms with Crippen molar-refractivity contribution in [2.75, 3.05) is 20.3 Å². The van der Waals surface area contributed by atoms with Gasteiger partial charge in [-0.3, -0.25) is 4.68 Å². The molecule has 0 unspecified atom stereocenters. The fraction of sp³-hybridized carbons (Fsp3) is 0.316. The molecular weight excluding hydrogens is 417 g/mol. The lowest BCUT2D eigenvalue weighted by Gasteiger charge is -2.13. The van der Waals surface area contributed by atoms with Crippen molar-refractivity contribution in [2.45, 2.75) is 19.6 Å². The third kappa shape index (κ3) is 5.09. The first-order valence-electron chi connectivity index (χ1n) is 8.85. The van der Waals surface area contributed by atoms with Crippen LogP contribution >= 0.6 is 24.8 Å². The molecule has 10 heteroatoms. The molecule has 0 aliphatic carbocycles. The van der Waals surface area contributed by atoms with Crippen molar-refractivity contribution in [3.63, 3.8) is 0 Å². The fourth-order valence-electron chi connectivity index (χ4n) is 3.12. The SMILES string of the molecule is COC(=O)c1cccc(OCCn2ccnc2-c2cc3n(n2)CCNC3)c1.Cl.Cl. The number of aromatic nitrogens is 4. The van der Waals surface area contributed by atoms with Gasteiger partial charge in [-0.25, -0.2) is 9.78 Å². The second-order valence-electron chi connectivity index (χ2n) is 6.23. The van der Waals surface area contributed by atoms with Crippen LogP contribution in [-0.4, -0.2) is 45.6 Å². The molecule has 0 amide bonds. The molecule has 1 aliphatic heterocycles. The van der Waals surface area contributed by atoms with Crippen LogP contribution in [-0.2, 0) is 24.4 Å². The van der Waals surface area contributed by atoms with Gasteiger partial charge in [0.15, 0.2) is 5.82 Å². The van der Waals surface area contributed by atoms with Gasteiger partial charge in [-0.1, -0.05) is 6.07 Å². The molecule has 0 fully saturated rings. The smallest absolute Gasteiger partial charge is 0.337 e. The lowest BCUT2D eigenvalue weighted by Crippen LogP contribution is -2.28. The maximum atomic E-state index is 11.6. The quantitative estimate of drug-likeness (QED) is 0.594. The summed E-state index contributed by atoms with van der Waals surface area (Å²) in [4.78, 5) is 16.1. The maximum Gasteiger partial charge on any atom is 0.337 e. The Morgan fingerprint density at radius 2 is 2.14 bits per heavy atom. The van der Waals surface area contributed by atoms with E-state index in [0.29, 0.717) is 24.5 Å². The molecule has 0 atom stereocenters. The van der Waals surface area contributed by atoms with Gasteiger partial charge in [0.05, 0.1) is 31.5 Å². The van der Waals surface area contributed by atoms with E-state index >= 15 is 0 Å². The summed E-state index contributed by atoms with van der Waals surface area (Å²) in [5.74, 6) is 1.07. The van der Waals surface area contributed by atoms with E-state index in [4.69, 9.17) is 9.47 Å². The van der Waals surface area contributed by atoms with E-state index in [1.54, 1.807) is 24.4 Å². The molecule has 1 aliphatic rings. The summed E-state index contributed by atoms with van der Waals surface area (Å²) in [5, 5.41) is 8.00. The number of ether oxygens (including phenoxy) is 2. The Kier molecular flexibility index (Phi) is 8.07. The van der Waals surface area contributed by atoms with Crippen LogP contribution in [0.1, 0.15) is 16.1 Å². The lowest BCUT2D eigenvalue weighted by molar-refractivity contribution is 0.0600. The summed E-state index contributed by atoms with van der Waals surface area (Å²) in [6.45, 7) is 3.70. The van der Waals surface area contributed by atoms with Gasteiger partial charge in [-0.05, 0) is 24.3 Å². The van der Waals surface area contributed by atoms with Crippen molar-refractivity contribution in [1.82, 2.24) is 24.6 Å². The highest BCUT2D eigenvalue weighted by Crippen LogP contribution is 2.19. The molecule has 0 spiro atoms. The Bertz CT molecular complexity index is 933. The fourth-order valence-corrected chi connectivity index (χ4v) is 3.12. The second kappa shape index (κ2) is 10.3. The van der Waals surface area contributed by atoms with Crippen LogP contribution in [0.3, 0.4) is 0 Å². The van der Waals surface area contributed by atoms with E-state index in [1.165, 1.54) is 12.8 Å². The maximum absolute atomic E-state index is 11.6. The predicted octanol–water partition coefficient (Wildman–Crippen LogP) is 2.56. The van der Waals surface area contributed by atoms with Crippen molar-refractivity contribution in [1.29, 1.82) is 0 Å². The molecule has 3 heterocycles. The van der Waals surface area contributed by atoms with Gasteiger partial charge in [0.2, 0.25) is 0 Å². The monoisotopic (exact) mass is 439 g/mol. The number of methoxy groups -OCH3 is 1. The Morgan fingerprint density at radius 1 is 1.28 bits per heavy atom. The summed E-state index contributed by atoms with van der Waals surface area (Å²) in [6, 6.07) is 9.04. The number of nitrogens with one attached hydrogen (secondary N) is 1. The molecule has 8 nitrogen and oxygen atoms in total. The number of nitrogens with zero attached hydrogens (tertiary/aromatic N) is 4. The first kappa shape index (κ1) is 22.7. The topological polar surface area (TPSA) is 83.2 Å². The van der Waals surface area contributed by atoms with Crippen molar-refractivity contribution in [3.05, 3.63) is 54.0 Å². The van der Waals surface area contributed by atoms with E-state index < -0.39 is 0 Å². The zero-order valence-corrected chi connectivity index (χ0v) is 17.5. The summed E-state index contributed by atoms with van der Waals surface area (Å²) in [5.41, 5.74) is 2.50. The van der Waals surface area contributed by atoms with Gasteiger partial charge in [0.1, 0.15) is 18.1 Å². The standard InChI is InChI=1S/C19H21N5O3.2ClH/c1-26-19(25)14-3-2-4-16(11-14)27-10-9-23-7-6-21-18(23)17-12-15-13-20-5-8-24(15)22-17;;/h2-4,6-7,11-12,20H,5,8-10,13H2,1H3;2*1H. The van der Waals surface area contributed by atoms with E-state index in [2.05, 4.69) is 21.5 Å². The van der Waals surface area contributed by atoms with Crippen molar-refractivity contribution in [2.24, 2.45) is 0 Å². The van der Waals surface area contributed by atoms with Crippen LogP contribution in [0.25, 0.3) is 11.5 Å². The highest BCUT2D eigenvalue weighted by molar-refractivity contribution is 5.89. The number of imidazole rings is 1. The van der Waals surface area contributed by atoms with Gasteiger partial charge < -0.3 is 19.4 Å². The van der Waals surface area contributed by atoms with Crippen LogP contribution in [0.4, 0.5) is 0 Å². The average Bonchev–Trinajstić information content (AvgIpc) is 3.34. The molecule has 29 heavy (non-hydrogen) atoms. The number of esters is 1. The predicted molar refractivity (Wildman–Crippen MR) is 113 cm³/mol. The number of rotatable bonds is 6. The molecule has 0 bridgehead atoms. The molecule has 0 saturated carbocycles. The van der Waals surface area contributed by atoms with E-state index in [9.17, 15) is 4.79 Å². The zero-order chi connectivity index (χ0) is 18.6. The third-order valence-corrected chi connectivity index (χ3v) is 4.47. The minimum Gasteiger partial charge on any atom is -0.492 e. The number of benzene rings is 1. The van der Waals surface area contributed by atoms with Crippen LogP contribution in [0.2, 0.25) is 0 Å². The summed E-state index contributed by atoms with van der Waals surface area (Å²) >= 11 is 0. The number of carbonyl (C=O) groups is 1. The Labute approximate surface area is 181 Å². The van der Waals surface area contributed by atoms with Crippen LogP contribution in [0, 0.1) is 0 Å². The minimum absolute atomic E-state index is 0. The number of hydrogen-bond acceptors (Lipinski definition) is 6. The Hall–Kier alpha value is -2.55. The van der Waals surface area contributed by atoms with Crippen LogP contribution in [0.15, 0.2) is 42.7 Å². The number of halogens is 2. The molecule has 0 saturated heterocycles. The average molecular weight is 440 g/mol. The van der Waals surface area contributed by atoms with Gasteiger partial charge in [0, 0.05) is 25.5 Å². The van der Waals surface area contributed by atoms with E-state index in [-0.39, 0.29) is 30.8 Å². The van der Waals surface area contributed by atoms with Crippen molar-refractivity contribution in [3.8, 4) is 17.3 Å². The highest BCUT2D eigenvalue weighted by Gasteiger charge is 2.16. The van der Waals surface area contributed by atoms with Gasteiger partial charge in [-0.2, -0.15) is 5.10 Å². The summed E-state index contributed by atoms with van der Waals surface area (Å²) in [7, 11) is 1.36. The molecule has 4 rings (SSSR count). The summed E-state index contributed by atoms with van der Waals surface area (Å²) in [6.07, 6.45) is 3.68. The van der Waals surface area contributed by atoms with Gasteiger partial charge in [-0.15, -0.1) is 24.8 Å².